The number of sulfone groups is 1. The van der Waals surface area contributed by atoms with Gasteiger partial charge in [-0.15, -0.1) is 0 Å². The zero-order valence-corrected chi connectivity index (χ0v) is 8.34. The molecule has 0 aliphatic heterocycles. The van der Waals surface area contributed by atoms with Crippen molar-refractivity contribution in [3.05, 3.63) is 30.3 Å². The van der Waals surface area contributed by atoms with Gasteiger partial charge in [0, 0.05) is 18.5 Å². The predicted octanol–water partition coefficient (Wildman–Crippen LogP) is 1.14. The lowest BCUT2D eigenvalue weighted by atomic mass is 10.3. The second-order valence-corrected chi connectivity index (χ2v) is 5.18. The van der Waals surface area contributed by atoms with Gasteiger partial charge in [0.05, 0.1) is 5.75 Å². The van der Waals surface area contributed by atoms with Crippen molar-refractivity contribution in [2.24, 2.45) is 0 Å². The minimum absolute atomic E-state index is 0.169. The third kappa shape index (κ3) is 4.52. The monoisotopic (exact) mass is 199 g/mol. The van der Waals surface area contributed by atoms with Crippen molar-refractivity contribution in [2.45, 2.75) is 0 Å². The fraction of sp³-hybridized carbons (Fsp3) is 0.333. The highest BCUT2D eigenvalue weighted by Gasteiger charge is 2.00. The molecular formula is C9H13NO2S. The molecule has 3 nitrogen and oxygen atoms in total. The number of nitrogens with one attached hydrogen (secondary N) is 1. The average molecular weight is 199 g/mol. The number of anilines is 1. The maximum Gasteiger partial charge on any atom is 0.149 e. The fourth-order valence-corrected chi connectivity index (χ4v) is 1.41. The van der Waals surface area contributed by atoms with E-state index in [-0.39, 0.29) is 5.75 Å². The average Bonchev–Trinajstić information content (AvgIpc) is 2.04. The Hall–Kier alpha value is -1.03. The van der Waals surface area contributed by atoms with Crippen LogP contribution in [0.4, 0.5) is 5.69 Å². The molecule has 0 atom stereocenters. The highest BCUT2D eigenvalue weighted by atomic mass is 32.2. The molecular weight excluding hydrogens is 186 g/mol. The summed E-state index contributed by atoms with van der Waals surface area (Å²) in [5.74, 6) is 0.169. The third-order valence-electron chi connectivity index (χ3n) is 1.58. The summed E-state index contributed by atoms with van der Waals surface area (Å²) in [5, 5.41) is 3.02. The Morgan fingerprint density at radius 1 is 1.23 bits per heavy atom. The van der Waals surface area contributed by atoms with Crippen molar-refractivity contribution in [3.8, 4) is 0 Å². The molecule has 0 aliphatic carbocycles. The normalized spacial score (nSPS) is 11.2. The molecule has 1 N–H and O–H groups in total. The second kappa shape index (κ2) is 4.28. The van der Waals surface area contributed by atoms with Gasteiger partial charge < -0.3 is 5.32 Å². The first-order valence-electron chi connectivity index (χ1n) is 4.04. The Kier molecular flexibility index (Phi) is 3.31. The Morgan fingerprint density at radius 2 is 1.85 bits per heavy atom. The molecule has 0 spiro atoms. The minimum atomic E-state index is -2.86. The molecule has 0 bridgehead atoms. The molecule has 0 amide bonds. The van der Waals surface area contributed by atoms with E-state index in [1.54, 1.807) is 0 Å². The van der Waals surface area contributed by atoms with E-state index in [4.69, 9.17) is 0 Å². The topological polar surface area (TPSA) is 46.2 Å². The lowest BCUT2D eigenvalue weighted by Gasteiger charge is -2.03. The summed E-state index contributed by atoms with van der Waals surface area (Å²) in [6.07, 6.45) is 1.24. The van der Waals surface area contributed by atoms with Crippen molar-refractivity contribution < 1.29 is 8.42 Å². The van der Waals surface area contributed by atoms with Gasteiger partial charge in [0.1, 0.15) is 9.84 Å². The van der Waals surface area contributed by atoms with Crippen LogP contribution in [0.5, 0.6) is 0 Å². The SMILES string of the molecule is CS(=O)(=O)CCNc1ccccc1. The van der Waals surface area contributed by atoms with Crippen LogP contribution in [0.15, 0.2) is 30.3 Å². The zero-order chi connectivity index (χ0) is 9.73. The molecule has 0 aliphatic rings. The Balaban J connectivity index is 2.37. The lowest BCUT2D eigenvalue weighted by molar-refractivity contribution is 0.602. The van der Waals surface area contributed by atoms with E-state index in [0.29, 0.717) is 6.54 Å². The summed E-state index contributed by atoms with van der Waals surface area (Å²) in [4.78, 5) is 0. The highest BCUT2D eigenvalue weighted by molar-refractivity contribution is 7.90. The summed E-state index contributed by atoms with van der Waals surface area (Å²) >= 11 is 0. The molecule has 1 aromatic rings. The number of para-hydroxylation sites is 1. The molecule has 0 saturated heterocycles. The van der Waals surface area contributed by atoms with Crippen LogP contribution >= 0.6 is 0 Å². The Bertz CT molecular complexity index is 345. The fourth-order valence-electron chi connectivity index (χ4n) is 0.937. The smallest absolute Gasteiger partial charge is 0.149 e. The maximum atomic E-state index is 10.8. The molecule has 1 aromatic carbocycles. The molecule has 4 heteroatoms. The van der Waals surface area contributed by atoms with Crippen LogP contribution in [0.25, 0.3) is 0 Å². The van der Waals surface area contributed by atoms with Gasteiger partial charge in [-0.3, -0.25) is 0 Å². The number of hydrogen-bond donors (Lipinski definition) is 1. The number of hydrogen-bond acceptors (Lipinski definition) is 3. The van der Waals surface area contributed by atoms with Crippen LogP contribution in [-0.4, -0.2) is 27.0 Å². The van der Waals surface area contributed by atoms with Gasteiger partial charge in [-0.1, -0.05) is 18.2 Å². The first-order chi connectivity index (χ1) is 6.08. The van der Waals surface area contributed by atoms with Crippen molar-refractivity contribution in [1.29, 1.82) is 0 Å². The minimum Gasteiger partial charge on any atom is -0.384 e. The zero-order valence-electron chi connectivity index (χ0n) is 7.53. The first-order valence-corrected chi connectivity index (χ1v) is 6.11. The van der Waals surface area contributed by atoms with Crippen LogP contribution < -0.4 is 5.32 Å². The summed E-state index contributed by atoms with van der Waals surface area (Å²) in [6.45, 7) is 0.461. The Morgan fingerprint density at radius 3 is 2.38 bits per heavy atom. The quantitative estimate of drug-likeness (QED) is 0.791. The van der Waals surface area contributed by atoms with E-state index in [1.165, 1.54) is 6.26 Å². The molecule has 0 saturated carbocycles. The summed E-state index contributed by atoms with van der Waals surface area (Å²) < 4.78 is 21.6. The van der Waals surface area contributed by atoms with Crippen LogP contribution in [0, 0.1) is 0 Å². The predicted molar refractivity (Wildman–Crippen MR) is 54.6 cm³/mol. The van der Waals surface area contributed by atoms with Crippen LogP contribution in [-0.2, 0) is 9.84 Å². The van der Waals surface area contributed by atoms with Gasteiger partial charge >= 0.3 is 0 Å². The molecule has 0 unspecified atom stereocenters. The van der Waals surface area contributed by atoms with E-state index in [0.717, 1.165) is 5.69 Å². The van der Waals surface area contributed by atoms with Crippen molar-refractivity contribution in [3.63, 3.8) is 0 Å². The molecule has 13 heavy (non-hydrogen) atoms. The molecule has 0 aromatic heterocycles. The first kappa shape index (κ1) is 10.1. The van der Waals surface area contributed by atoms with Crippen LogP contribution in [0.3, 0.4) is 0 Å². The summed E-state index contributed by atoms with van der Waals surface area (Å²) in [6, 6.07) is 9.54. The summed E-state index contributed by atoms with van der Waals surface area (Å²) in [5.41, 5.74) is 0.950. The van der Waals surface area contributed by atoms with Crippen molar-refractivity contribution in [1.82, 2.24) is 0 Å². The largest absolute Gasteiger partial charge is 0.384 e. The molecule has 0 heterocycles. The van der Waals surface area contributed by atoms with Gasteiger partial charge in [0.25, 0.3) is 0 Å². The van der Waals surface area contributed by atoms with E-state index in [1.807, 2.05) is 30.3 Å². The standard InChI is InChI=1S/C9H13NO2S/c1-13(11,12)8-7-10-9-5-3-2-4-6-9/h2-6,10H,7-8H2,1H3. The number of benzene rings is 1. The van der Waals surface area contributed by atoms with E-state index >= 15 is 0 Å². The van der Waals surface area contributed by atoms with Gasteiger partial charge in [-0.05, 0) is 12.1 Å². The number of rotatable bonds is 4. The second-order valence-electron chi connectivity index (χ2n) is 2.92. The van der Waals surface area contributed by atoms with Crippen molar-refractivity contribution in [2.75, 3.05) is 23.9 Å². The maximum absolute atomic E-state index is 10.8. The van der Waals surface area contributed by atoms with Gasteiger partial charge in [0.15, 0.2) is 0 Å². The molecule has 72 valence electrons. The van der Waals surface area contributed by atoms with E-state index in [2.05, 4.69) is 5.32 Å². The van der Waals surface area contributed by atoms with Crippen LogP contribution in [0.2, 0.25) is 0 Å². The molecule has 0 radical (unpaired) electrons. The van der Waals surface area contributed by atoms with E-state index < -0.39 is 9.84 Å². The Labute approximate surface area is 78.7 Å². The highest BCUT2D eigenvalue weighted by Crippen LogP contribution is 2.03. The van der Waals surface area contributed by atoms with Gasteiger partial charge in [0.2, 0.25) is 0 Å². The molecule has 0 fully saturated rings. The summed E-state index contributed by atoms with van der Waals surface area (Å²) in [7, 11) is -2.86. The van der Waals surface area contributed by atoms with Crippen molar-refractivity contribution >= 4 is 15.5 Å². The van der Waals surface area contributed by atoms with Crippen LogP contribution in [0.1, 0.15) is 0 Å². The van der Waals surface area contributed by atoms with E-state index in [9.17, 15) is 8.42 Å². The molecule has 1 rings (SSSR count). The van der Waals surface area contributed by atoms with Gasteiger partial charge in [-0.2, -0.15) is 0 Å². The van der Waals surface area contributed by atoms with Gasteiger partial charge in [-0.25, -0.2) is 8.42 Å². The lowest BCUT2D eigenvalue weighted by Crippen LogP contribution is -2.13. The third-order valence-corrected chi connectivity index (χ3v) is 2.52.